The molecule has 1 aromatic carbocycles. The van der Waals surface area contributed by atoms with Gasteiger partial charge in [-0.2, -0.15) is 0 Å². The van der Waals surface area contributed by atoms with Crippen LogP contribution in [0.15, 0.2) is 36.7 Å². The fraction of sp³-hybridized carbons (Fsp3) is 0.167. The van der Waals surface area contributed by atoms with Crippen LogP contribution >= 0.6 is 0 Å². The molecule has 2 rings (SSSR count). The Morgan fingerprint density at radius 1 is 1.41 bits per heavy atom. The van der Waals surface area contributed by atoms with E-state index in [-0.39, 0.29) is 18.1 Å². The minimum Gasteiger partial charge on any atom is -0.338 e. The van der Waals surface area contributed by atoms with Gasteiger partial charge in [0.25, 0.3) is 0 Å². The summed E-state index contributed by atoms with van der Waals surface area (Å²) in [6.07, 6.45) is 3.61. The highest BCUT2D eigenvalue weighted by atomic mass is 19.1. The molecule has 0 aliphatic heterocycles. The van der Waals surface area contributed by atoms with Gasteiger partial charge in [0.2, 0.25) is 5.91 Å². The van der Waals surface area contributed by atoms with Crippen molar-refractivity contribution >= 4 is 11.6 Å². The topological polar surface area (TPSA) is 46.9 Å². The maximum absolute atomic E-state index is 12.7. The molecular weight excluding hydrogens is 221 g/mol. The summed E-state index contributed by atoms with van der Waals surface area (Å²) in [7, 11) is 1.83. The third-order valence-electron chi connectivity index (χ3n) is 2.37. The molecule has 4 nitrogen and oxygen atoms in total. The van der Waals surface area contributed by atoms with Crippen LogP contribution in [0.4, 0.5) is 10.1 Å². The monoisotopic (exact) mass is 233 g/mol. The Bertz CT molecular complexity index is 519. The van der Waals surface area contributed by atoms with Gasteiger partial charge in [-0.25, -0.2) is 9.37 Å². The van der Waals surface area contributed by atoms with Crippen molar-refractivity contribution in [3.05, 3.63) is 48.3 Å². The number of carbonyl (C=O) groups excluding carboxylic acids is 1. The largest absolute Gasteiger partial charge is 0.338 e. The minimum absolute atomic E-state index is 0.175. The summed E-state index contributed by atoms with van der Waals surface area (Å²) in [5.41, 5.74) is 0.575. The molecule has 88 valence electrons. The van der Waals surface area contributed by atoms with E-state index < -0.39 is 0 Å². The number of anilines is 1. The normalized spacial score (nSPS) is 10.2. The van der Waals surface area contributed by atoms with E-state index in [0.29, 0.717) is 11.5 Å². The molecule has 17 heavy (non-hydrogen) atoms. The summed E-state index contributed by atoms with van der Waals surface area (Å²) >= 11 is 0. The second-order valence-electron chi connectivity index (χ2n) is 3.69. The van der Waals surface area contributed by atoms with Crippen LogP contribution in [0.5, 0.6) is 0 Å². The molecule has 0 unspecified atom stereocenters. The summed E-state index contributed by atoms with van der Waals surface area (Å²) in [6.45, 7) is 0. The number of imidazole rings is 1. The molecule has 5 heteroatoms. The Labute approximate surface area is 98.1 Å². The second kappa shape index (κ2) is 4.78. The first-order valence-electron chi connectivity index (χ1n) is 5.17. The number of benzene rings is 1. The first kappa shape index (κ1) is 11.3. The van der Waals surface area contributed by atoms with E-state index in [1.807, 2.05) is 7.05 Å². The van der Waals surface area contributed by atoms with E-state index in [0.717, 1.165) is 0 Å². The molecule has 0 aliphatic rings. The lowest BCUT2D eigenvalue weighted by Crippen LogP contribution is -2.16. The molecule has 0 fully saturated rings. The first-order chi connectivity index (χ1) is 8.15. The predicted molar refractivity (Wildman–Crippen MR) is 61.9 cm³/mol. The molecule has 1 aromatic heterocycles. The number of halogens is 1. The molecule has 2 aromatic rings. The zero-order chi connectivity index (χ0) is 12.3. The van der Waals surface area contributed by atoms with Crippen molar-refractivity contribution in [3.8, 4) is 0 Å². The summed E-state index contributed by atoms with van der Waals surface area (Å²) < 4.78 is 14.4. The fourth-order valence-electron chi connectivity index (χ4n) is 1.45. The molecular formula is C12H12FN3O. The highest BCUT2D eigenvalue weighted by Gasteiger charge is 2.07. The number of aryl methyl sites for hydroxylation is 1. The minimum atomic E-state index is -0.327. The smallest absolute Gasteiger partial charge is 0.231 e. The lowest BCUT2D eigenvalue weighted by atomic mass is 10.3. The van der Waals surface area contributed by atoms with Crippen molar-refractivity contribution < 1.29 is 9.18 Å². The molecule has 0 radical (unpaired) electrons. The van der Waals surface area contributed by atoms with Crippen LogP contribution in [0, 0.1) is 5.82 Å². The average molecular weight is 233 g/mol. The van der Waals surface area contributed by atoms with Crippen molar-refractivity contribution in [2.45, 2.75) is 6.42 Å². The number of nitrogens with one attached hydrogen (secondary N) is 1. The highest BCUT2D eigenvalue weighted by molar-refractivity contribution is 5.91. The van der Waals surface area contributed by atoms with Crippen LogP contribution in [-0.4, -0.2) is 15.5 Å². The van der Waals surface area contributed by atoms with Crippen molar-refractivity contribution in [2.75, 3.05) is 5.32 Å². The third kappa shape index (κ3) is 2.90. The van der Waals surface area contributed by atoms with Crippen LogP contribution in [0.1, 0.15) is 5.82 Å². The molecule has 0 spiro atoms. The van der Waals surface area contributed by atoms with E-state index in [2.05, 4.69) is 10.3 Å². The van der Waals surface area contributed by atoms with Crippen molar-refractivity contribution in [3.63, 3.8) is 0 Å². The van der Waals surface area contributed by atoms with E-state index >= 15 is 0 Å². The Balaban J connectivity index is 1.98. The van der Waals surface area contributed by atoms with Gasteiger partial charge < -0.3 is 9.88 Å². The van der Waals surface area contributed by atoms with E-state index in [1.54, 1.807) is 17.0 Å². The molecule has 1 amide bonds. The van der Waals surface area contributed by atoms with Crippen LogP contribution < -0.4 is 5.32 Å². The molecule has 1 heterocycles. The van der Waals surface area contributed by atoms with Gasteiger partial charge in [0.05, 0.1) is 6.42 Å². The van der Waals surface area contributed by atoms with Crippen molar-refractivity contribution in [2.24, 2.45) is 7.05 Å². The second-order valence-corrected chi connectivity index (χ2v) is 3.69. The maximum atomic E-state index is 12.7. The van der Waals surface area contributed by atoms with Crippen LogP contribution in [0.25, 0.3) is 0 Å². The number of amides is 1. The summed E-state index contributed by atoms with van der Waals surface area (Å²) in [4.78, 5) is 15.7. The van der Waals surface area contributed by atoms with Crippen LogP contribution in [0.2, 0.25) is 0 Å². The number of hydrogen-bond acceptors (Lipinski definition) is 2. The summed E-state index contributed by atoms with van der Waals surface area (Å²) in [5.74, 6) is 0.183. The van der Waals surface area contributed by atoms with Crippen molar-refractivity contribution in [1.82, 2.24) is 9.55 Å². The van der Waals surface area contributed by atoms with Gasteiger partial charge in [0, 0.05) is 25.1 Å². The quantitative estimate of drug-likeness (QED) is 0.877. The number of aromatic nitrogens is 2. The zero-order valence-corrected chi connectivity index (χ0v) is 9.35. The lowest BCUT2D eigenvalue weighted by molar-refractivity contribution is -0.115. The SMILES string of the molecule is Cn1ccnc1CC(=O)Nc1ccc(F)cc1. The third-order valence-corrected chi connectivity index (χ3v) is 2.37. The number of nitrogens with zero attached hydrogens (tertiary/aromatic N) is 2. The number of carbonyl (C=O) groups is 1. The molecule has 0 bridgehead atoms. The standard InChI is InChI=1S/C12H12FN3O/c1-16-7-6-14-11(16)8-12(17)15-10-4-2-9(13)3-5-10/h2-7H,8H2,1H3,(H,15,17). The van der Waals surface area contributed by atoms with Gasteiger partial charge in [-0.3, -0.25) is 4.79 Å². The summed E-state index contributed by atoms with van der Waals surface area (Å²) in [6, 6.07) is 5.64. The lowest BCUT2D eigenvalue weighted by Gasteiger charge is -2.05. The zero-order valence-electron chi connectivity index (χ0n) is 9.35. The van der Waals surface area contributed by atoms with E-state index in [4.69, 9.17) is 0 Å². The van der Waals surface area contributed by atoms with Gasteiger partial charge in [0.1, 0.15) is 11.6 Å². The highest BCUT2D eigenvalue weighted by Crippen LogP contribution is 2.08. The summed E-state index contributed by atoms with van der Waals surface area (Å²) in [5, 5.41) is 2.68. The van der Waals surface area contributed by atoms with E-state index in [9.17, 15) is 9.18 Å². The Morgan fingerprint density at radius 3 is 2.71 bits per heavy atom. The van der Waals surface area contributed by atoms with Gasteiger partial charge in [0.15, 0.2) is 0 Å². The molecule has 0 atom stereocenters. The van der Waals surface area contributed by atoms with Crippen molar-refractivity contribution in [1.29, 1.82) is 0 Å². The molecule has 1 N–H and O–H groups in total. The Kier molecular flexibility index (Phi) is 3.18. The number of rotatable bonds is 3. The van der Waals surface area contributed by atoms with Gasteiger partial charge in [-0.1, -0.05) is 0 Å². The van der Waals surface area contributed by atoms with Crippen LogP contribution in [0.3, 0.4) is 0 Å². The molecule has 0 saturated heterocycles. The maximum Gasteiger partial charge on any atom is 0.231 e. The van der Waals surface area contributed by atoms with Gasteiger partial charge in [-0.05, 0) is 24.3 Å². The predicted octanol–water partition coefficient (Wildman–Crippen LogP) is 1.74. The number of hydrogen-bond donors (Lipinski definition) is 1. The average Bonchev–Trinajstić information content (AvgIpc) is 2.68. The Hall–Kier alpha value is -2.17. The first-order valence-corrected chi connectivity index (χ1v) is 5.17. The van der Waals surface area contributed by atoms with E-state index in [1.165, 1.54) is 24.3 Å². The van der Waals surface area contributed by atoms with Gasteiger partial charge in [-0.15, -0.1) is 0 Å². The van der Waals surface area contributed by atoms with Crippen LogP contribution in [-0.2, 0) is 18.3 Å². The molecule has 0 aliphatic carbocycles. The molecule has 0 saturated carbocycles. The fourth-order valence-corrected chi connectivity index (χ4v) is 1.45. The van der Waals surface area contributed by atoms with Gasteiger partial charge >= 0.3 is 0 Å². The Morgan fingerprint density at radius 2 is 2.12 bits per heavy atom.